The van der Waals surface area contributed by atoms with E-state index in [0.717, 1.165) is 5.56 Å². The van der Waals surface area contributed by atoms with Crippen molar-refractivity contribution in [3.63, 3.8) is 0 Å². The van der Waals surface area contributed by atoms with Gasteiger partial charge in [0.1, 0.15) is 17.3 Å². The Morgan fingerprint density at radius 3 is 2.28 bits per heavy atom. The van der Waals surface area contributed by atoms with E-state index >= 15 is 0 Å². The van der Waals surface area contributed by atoms with Crippen LogP contribution in [0.15, 0.2) is 60.8 Å². The zero-order valence-electron chi connectivity index (χ0n) is 12.8. The number of amides is 2. The van der Waals surface area contributed by atoms with Crippen molar-refractivity contribution in [3.05, 3.63) is 72.4 Å². The van der Waals surface area contributed by atoms with Crippen molar-refractivity contribution in [2.45, 2.75) is 0 Å². The topological polar surface area (TPSA) is 81.2 Å². The third-order valence-corrected chi connectivity index (χ3v) is 3.25. The summed E-state index contributed by atoms with van der Waals surface area (Å²) in [7, 11) is 0. The highest BCUT2D eigenvalue weighted by molar-refractivity contribution is 5.97. The van der Waals surface area contributed by atoms with Gasteiger partial charge in [0, 0.05) is 11.8 Å². The lowest BCUT2D eigenvalue weighted by molar-refractivity contribution is -0.108. The van der Waals surface area contributed by atoms with Crippen molar-refractivity contribution in [2.75, 3.05) is 0 Å². The summed E-state index contributed by atoms with van der Waals surface area (Å²) < 4.78 is 18.5. The summed E-state index contributed by atoms with van der Waals surface area (Å²) in [5, 5.41) is 1.99. The molecule has 2 amide bonds. The molecule has 3 rings (SSSR count). The van der Waals surface area contributed by atoms with Gasteiger partial charge in [-0.2, -0.15) is 0 Å². The minimum Gasteiger partial charge on any atom is -0.457 e. The van der Waals surface area contributed by atoms with Gasteiger partial charge in [0.2, 0.25) is 12.2 Å². The predicted octanol–water partition coefficient (Wildman–Crippen LogP) is 2.96. The average Bonchev–Trinajstić information content (AvgIpc) is 2.65. The van der Waals surface area contributed by atoms with Gasteiger partial charge in [-0.15, -0.1) is 0 Å². The minimum absolute atomic E-state index is 0.101. The van der Waals surface area contributed by atoms with Crippen LogP contribution in [0.3, 0.4) is 0 Å². The quantitative estimate of drug-likeness (QED) is 0.724. The largest absolute Gasteiger partial charge is 0.457 e. The summed E-state index contributed by atoms with van der Waals surface area (Å²) in [6.45, 7) is 0. The second-order valence-electron chi connectivity index (χ2n) is 4.94. The van der Waals surface area contributed by atoms with Crippen molar-refractivity contribution in [1.82, 2.24) is 15.3 Å². The van der Waals surface area contributed by atoms with Gasteiger partial charge in [0.25, 0.3) is 5.91 Å². The third kappa shape index (κ3) is 4.03. The van der Waals surface area contributed by atoms with Gasteiger partial charge in [-0.1, -0.05) is 0 Å². The molecular formula is C18H12FN3O3. The molecule has 124 valence electrons. The van der Waals surface area contributed by atoms with E-state index in [0.29, 0.717) is 17.2 Å². The van der Waals surface area contributed by atoms with E-state index in [-0.39, 0.29) is 18.1 Å². The molecule has 6 nitrogen and oxygen atoms in total. The molecule has 0 aliphatic carbocycles. The van der Waals surface area contributed by atoms with Crippen LogP contribution >= 0.6 is 0 Å². The van der Waals surface area contributed by atoms with Gasteiger partial charge < -0.3 is 4.74 Å². The zero-order valence-corrected chi connectivity index (χ0v) is 12.8. The van der Waals surface area contributed by atoms with Gasteiger partial charge in [-0.25, -0.2) is 14.4 Å². The molecule has 2 aromatic carbocycles. The van der Waals surface area contributed by atoms with Gasteiger partial charge >= 0.3 is 0 Å². The molecular weight excluding hydrogens is 325 g/mol. The highest BCUT2D eigenvalue weighted by Crippen LogP contribution is 2.25. The van der Waals surface area contributed by atoms with Gasteiger partial charge in [-0.05, 0) is 54.6 Å². The summed E-state index contributed by atoms with van der Waals surface area (Å²) in [5.41, 5.74) is 1.27. The molecule has 1 aromatic heterocycles. The van der Waals surface area contributed by atoms with Gasteiger partial charge in [0.05, 0.1) is 5.69 Å². The van der Waals surface area contributed by atoms with Crippen LogP contribution in [0.2, 0.25) is 0 Å². The molecule has 0 aliphatic rings. The van der Waals surface area contributed by atoms with E-state index < -0.39 is 5.91 Å². The second kappa shape index (κ2) is 7.31. The Kier molecular flexibility index (Phi) is 4.75. The molecule has 0 aliphatic heterocycles. The molecule has 0 saturated carbocycles. The number of benzene rings is 2. The fourth-order valence-electron chi connectivity index (χ4n) is 2.08. The predicted molar refractivity (Wildman–Crippen MR) is 87.5 cm³/mol. The van der Waals surface area contributed by atoms with Gasteiger partial charge in [-0.3, -0.25) is 14.9 Å². The molecule has 0 saturated heterocycles. The number of ether oxygens (including phenoxy) is 1. The number of aromatic nitrogens is 2. The summed E-state index contributed by atoms with van der Waals surface area (Å²) in [6, 6.07) is 14.3. The molecule has 7 heteroatoms. The van der Waals surface area contributed by atoms with Crippen molar-refractivity contribution < 1.29 is 18.7 Å². The highest BCUT2D eigenvalue weighted by Gasteiger charge is 2.10. The van der Waals surface area contributed by atoms with Crippen LogP contribution < -0.4 is 10.1 Å². The Hall–Kier alpha value is -3.61. The lowest BCUT2D eigenvalue weighted by Gasteiger charge is -2.07. The first kappa shape index (κ1) is 16.3. The van der Waals surface area contributed by atoms with E-state index in [4.69, 9.17) is 4.74 Å². The van der Waals surface area contributed by atoms with Crippen LogP contribution in [-0.4, -0.2) is 22.3 Å². The molecule has 3 aromatic rings. The van der Waals surface area contributed by atoms with Crippen LogP contribution in [0.4, 0.5) is 4.39 Å². The lowest BCUT2D eigenvalue weighted by Crippen LogP contribution is -2.23. The van der Waals surface area contributed by atoms with Crippen molar-refractivity contribution >= 4 is 12.3 Å². The van der Waals surface area contributed by atoms with Crippen molar-refractivity contribution in [2.24, 2.45) is 0 Å². The SMILES string of the molecule is O=CNC(=O)c1nccc(-c2ccc(Oc3ccc(F)cc3)cc2)n1. The summed E-state index contributed by atoms with van der Waals surface area (Å²) in [6.07, 6.45) is 1.71. The first-order chi connectivity index (χ1) is 12.2. The average molecular weight is 337 g/mol. The molecule has 0 unspecified atom stereocenters. The maximum atomic E-state index is 12.9. The van der Waals surface area contributed by atoms with Crippen LogP contribution in [-0.2, 0) is 4.79 Å². The maximum Gasteiger partial charge on any atom is 0.295 e. The smallest absolute Gasteiger partial charge is 0.295 e. The number of carbonyl (C=O) groups is 2. The first-order valence-corrected chi connectivity index (χ1v) is 7.27. The number of halogens is 1. The Bertz CT molecular complexity index is 896. The van der Waals surface area contributed by atoms with Crippen LogP contribution in [0.5, 0.6) is 11.5 Å². The Morgan fingerprint density at radius 1 is 1.00 bits per heavy atom. The Balaban J connectivity index is 1.78. The molecule has 0 spiro atoms. The number of hydrogen-bond acceptors (Lipinski definition) is 5. The number of carbonyl (C=O) groups excluding carboxylic acids is 2. The molecule has 0 atom stereocenters. The number of hydrogen-bond donors (Lipinski definition) is 1. The standard InChI is InChI=1S/C18H12FN3O3/c19-13-3-7-15(8-4-13)25-14-5-1-12(2-6-14)16-9-10-20-17(22-16)18(24)21-11-23/h1-11H,(H,21,23,24). The van der Waals surface area contributed by atoms with Crippen molar-refractivity contribution in [3.8, 4) is 22.8 Å². The van der Waals surface area contributed by atoms with E-state index in [9.17, 15) is 14.0 Å². The molecule has 1 N–H and O–H groups in total. The minimum atomic E-state index is -0.673. The summed E-state index contributed by atoms with van der Waals surface area (Å²) in [4.78, 5) is 29.9. The Morgan fingerprint density at radius 2 is 1.64 bits per heavy atom. The van der Waals surface area contributed by atoms with E-state index in [2.05, 4.69) is 9.97 Å². The fraction of sp³-hybridized carbons (Fsp3) is 0. The van der Waals surface area contributed by atoms with E-state index in [1.54, 1.807) is 30.3 Å². The summed E-state index contributed by atoms with van der Waals surface area (Å²) >= 11 is 0. The maximum absolute atomic E-state index is 12.9. The molecule has 0 radical (unpaired) electrons. The van der Waals surface area contributed by atoms with Crippen molar-refractivity contribution in [1.29, 1.82) is 0 Å². The molecule has 0 fully saturated rings. The number of imide groups is 1. The number of nitrogens with zero attached hydrogens (tertiary/aromatic N) is 2. The lowest BCUT2D eigenvalue weighted by atomic mass is 10.1. The fourth-order valence-corrected chi connectivity index (χ4v) is 2.08. The molecule has 1 heterocycles. The number of rotatable bonds is 5. The zero-order chi connectivity index (χ0) is 17.6. The van der Waals surface area contributed by atoms with E-state index in [1.807, 2.05) is 5.32 Å². The normalized spacial score (nSPS) is 10.1. The molecule has 0 bridgehead atoms. The Labute approximate surface area is 142 Å². The van der Waals surface area contributed by atoms with Crippen LogP contribution in [0.1, 0.15) is 10.6 Å². The third-order valence-electron chi connectivity index (χ3n) is 3.25. The second-order valence-corrected chi connectivity index (χ2v) is 4.94. The van der Waals surface area contributed by atoms with Crippen LogP contribution in [0, 0.1) is 5.82 Å². The van der Waals surface area contributed by atoms with Crippen LogP contribution in [0.25, 0.3) is 11.3 Å². The summed E-state index contributed by atoms with van der Waals surface area (Å²) in [5.74, 6) is -0.0161. The van der Waals surface area contributed by atoms with Gasteiger partial charge in [0.15, 0.2) is 0 Å². The first-order valence-electron chi connectivity index (χ1n) is 7.27. The monoisotopic (exact) mass is 337 g/mol. The number of nitrogens with one attached hydrogen (secondary N) is 1. The van der Waals surface area contributed by atoms with E-state index in [1.165, 1.54) is 30.5 Å². The highest BCUT2D eigenvalue weighted by atomic mass is 19.1. The molecule has 25 heavy (non-hydrogen) atoms.